The molecule has 0 atom stereocenters. The second-order valence-corrected chi connectivity index (χ2v) is 10.3. The Kier molecular flexibility index (Phi) is 6.78. The molecule has 0 unspecified atom stereocenters. The van der Waals surface area contributed by atoms with Crippen LogP contribution >= 0.6 is 0 Å². The maximum atomic E-state index is 12.8. The summed E-state index contributed by atoms with van der Waals surface area (Å²) < 4.78 is 25.6. The van der Waals surface area contributed by atoms with Crippen molar-refractivity contribution in [2.45, 2.75) is 9.79 Å². The van der Waals surface area contributed by atoms with Crippen molar-refractivity contribution >= 4 is 39.1 Å². The van der Waals surface area contributed by atoms with Gasteiger partial charge in [-0.1, -0.05) is 91.0 Å². The van der Waals surface area contributed by atoms with Crippen molar-refractivity contribution in [3.63, 3.8) is 0 Å². The molecule has 0 radical (unpaired) electrons. The molecule has 176 valence electrons. The first-order chi connectivity index (χ1) is 17.6. The van der Waals surface area contributed by atoms with Gasteiger partial charge in [0.2, 0.25) is 9.84 Å². The molecule has 0 amide bonds. The minimum absolute atomic E-state index is 0.289. The summed E-state index contributed by atoms with van der Waals surface area (Å²) in [6, 6.07) is 44.4. The van der Waals surface area contributed by atoms with Gasteiger partial charge in [-0.15, -0.1) is 0 Å². The molecule has 5 aromatic rings. The van der Waals surface area contributed by atoms with Crippen molar-refractivity contribution in [1.82, 2.24) is 0 Å². The fourth-order valence-electron chi connectivity index (χ4n) is 4.02. The van der Waals surface area contributed by atoms with Crippen molar-refractivity contribution in [2.75, 3.05) is 4.90 Å². The molecule has 36 heavy (non-hydrogen) atoms. The van der Waals surface area contributed by atoms with Gasteiger partial charge in [-0.25, -0.2) is 8.42 Å². The highest BCUT2D eigenvalue weighted by Gasteiger charge is 2.16. The molecule has 0 saturated carbocycles. The first-order valence-corrected chi connectivity index (χ1v) is 13.2. The van der Waals surface area contributed by atoms with Crippen LogP contribution in [-0.2, 0) is 9.84 Å². The third-order valence-electron chi connectivity index (χ3n) is 5.89. The molecule has 0 aromatic heterocycles. The lowest BCUT2D eigenvalue weighted by atomic mass is 10.1. The van der Waals surface area contributed by atoms with Gasteiger partial charge in [0.25, 0.3) is 0 Å². The molecule has 0 saturated heterocycles. The number of sulfone groups is 1. The zero-order valence-electron chi connectivity index (χ0n) is 19.6. The first kappa shape index (κ1) is 23.3. The van der Waals surface area contributed by atoms with Gasteiger partial charge in [0.15, 0.2) is 0 Å². The third-order valence-corrected chi connectivity index (χ3v) is 7.68. The fraction of sp³-hybridized carbons (Fsp3) is 0. The van der Waals surface area contributed by atoms with E-state index in [0.29, 0.717) is 4.90 Å². The summed E-state index contributed by atoms with van der Waals surface area (Å²) in [5.74, 6) is 0. The van der Waals surface area contributed by atoms with Crippen LogP contribution in [0.25, 0.3) is 12.2 Å². The van der Waals surface area contributed by atoms with Crippen molar-refractivity contribution in [2.24, 2.45) is 0 Å². The minimum Gasteiger partial charge on any atom is -0.311 e. The Balaban J connectivity index is 1.35. The summed E-state index contributed by atoms with van der Waals surface area (Å²) >= 11 is 0. The van der Waals surface area contributed by atoms with E-state index in [-0.39, 0.29) is 4.90 Å². The summed E-state index contributed by atoms with van der Waals surface area (Å²) in [6.07, 6.45) is 4.01. The first-order valence-electron chi connectivity index (χ1n) is 11.7. The van der Waals surface area contributed by atoms with Crippen molar-refractivity contribution in [1.29, 1.82) is 0 Å². The molecule has 0 aliphatic rings. The maximum Gasteiger partial charge on any atom is 0.206 e. The lowest BCUT2D eigenvalue weighted by Gasteiger charge is -2.25. The predicted octanol–water partition coefficient (Wildman–Crippen LogP) is 8.16. The zero-order chi connectivity index (χ0) is 24.8. The van der Waals surface area contributed by atoms with Gasteiger partial charge < -0.3 is 4.90 Å². The summed E-state index contributed by atoms with van der Waals surface area (Å²) in [4.78, 5) is 2.81. The van der Waals surface area contributed by atoms with Crippen LogP contribution in [0.4, 0.5) is 17.1 Å². The largest absolute Gasteiger partial charge is 0.311 e. The van der Waals surface area contributed by atoms with Crippen LogP contribution in [0.1, 0.15) is 11.1 Å². The van der Waals surface area contributed by atoms with Crippen LogP contribution in [0.15, 0.2) is 149 Å². The molecular formula is C32H25NO2S. The van der Waals surface area contributed by atoms with E-state index in [0.717, 1.165) is 28.2 Å². The van der Waals surface area contributed by atoms with Gasteiger partial charge in [0.1, 0.15) is 0 Å². The molecule has 0 spiro atoms. The van der Waals surface area contributed by atoms with E-state index in [2.05, 4.69) is 53.4 Å². The molecule has 0 fully saturated rings. The Bertz CT molecular complexity index is 1510. The van der Waals surface area contributed by atoms with Gasteiger partial charge in [-0.05, 0) is 71.8 Å². The number of rotatable bonds is 7. The number of nitrogens with zero attached hydrogens (tertiary/aromatic N) is 1. The van der Waals surface area contributed by atoms with Gasteiger partial charge in [-0.3, -0.25) is 0 Å². The minimum atomic E-state index is -3.51. The van der Waals surface area contributed by atoms with Gasteiger partial charge in [0, 0.05) is 17.1 Å². The maximum absolute atomic E-state index is 12.8. The predicted molar refractivity (Wildman–Crippen MR) is 148 cm³/mol. The Hall–Kier alpha value is -4.41. The summed E-state index contributed by atoms with van der Waals surface area (Å²) in [5, 5.41) is 0. The molecule has 4 heteroatoms. The SMILES string of the molecule is O=S(=O)(c1ccccc1)c1ccc(/C=C/c2ccc(N(c3ccccc3)c3ccccc3)cc2)cc1. The molecule has 0 aliphatic heterocycles. The lowest BCUT2D eigenvalue weighted by molar-refractivity contribution is 0.596. The van der Waals surface area contributed by atoms with E-state index in [9.17, 15) is 8.42 Å². The summed E-state index contributed by atoms with van der Waals surface area (Å²) in [5.41, 5.74) is 5.25. The normalized spacial score (nSPS) is 11.4. The molecule has 0 heterocycles. The number of anilines is 3. The monoisotopic (exact) mass is 487 g/mol. The number of para-hydroxylation sites is 2. The van der Waals surface area contributed by atoms with Crippen LogP contribution in [0.5, 0.6) is 0 Å². The highest BCUT2D eigenvalue weighted by molar-refractivity contribution is 7.91. The second kappa shape index (κ2) is 10.5. The van der Waals surface area contributed by atoms with Gasteiger partial charge in [-0.2, -0.15) is 0 Å². The van der Waals surface area contributed by atoms with Gasteiger partial charge in [0.05, 0.1) is 9.79 Å². The number of hydrogen-bond donors (Lipinski definition) is 0. The number of hydrogen-bond acceptors (Lipinski definition) is 3. The van der Waals surface area contributed by atoms with E-state index in [1.807, 2.05) is 60.7 Å². The quantitative estimate of drug-likeness (QED) is 0.217. The zero-order valence-corrected chi connectivity index (χ0v) is 20.4. The van der Waals surface area contributed by atoms with E-state index >= 15 is 0 Å². The standard InChI is InChI=1S/C32H25NO2S/c34-36(35,31-14-8-3-9-15-31)32-24-20-27(21-25-32)17-16-26-18-22-30(23-19-26)33(28-10-4-1-5-11-28)29-12-6-2-7-13-29/h1-25H/b17-16+. The molecule has 5 aromatic carbocycles. The van der Waals surface area contributed by atoms with E-state index in [1.165, 1.54) is 0 Å². The highest BCUT2D eigenvalue weighted by atomic mass is 32.2. The Morgan fingerprint density at radius 1 is 0.417 bits per heavy atom. The van der Waals surface area contributed by atoms with E-state index in [4.69, 9.17) is 0 Å². The molecule has 0 N–H and O–H groups in total. The Morgan fingerprint density at radius 2 is 0.778 bits per heavy atom. The van der Waals surface area contributed by atoms with E-state index < -0.39 is 9.84 Å². The molecule has 0 aliphatic carbocycles. The van der Waals surface area contributed by atoms with Crippen molar-refractivity contribution in [3.8, 4) is 0 Å². The van der Waals surface area contributed by atoms with Crippen LogP contribution in [-0.4, -0.2) is 8.42 Å². The van der Waals surface area contributed by atoms with E-state index in [1.54, 1.807) is 42.5 Å². The average Bonchev–Trinajstić information content (AvgIpc) is 2.95. The lowest BCUT2D eigenvalue weighted by Crippen LogP contribution is -2.09. The topological polar surface area (TPSA) is 37.4 Å². The Labute approximate surface area is 212 Å². The van der Waals surface area contributed by atoms with Crippen molar-refractivity contribution in [3.05, 3.63) is 151 Å². The summed E-state index contributed by atoms with van der Waals surface area (Å²) in [7, 11) is -3.51. The molecule has 3 nitrogen and oxygen atoms in total. The average molecular weight is 488 g/mol. The fourth-order valence-corrected chi connectivity index (χ4v) is 5.30. The van der Waals surface area contributed by atoms with Gasteiger partial charge >= 0.3 is 0 Å². The molecule has 0 bridgehead atoms. The number of benzene rings is 5. The molecular weight excluding hydrogens is 462 g/mol. The van der Waals surface area contributed by atoms with Crippen LogP contribution < -0.4 is 4.90 Å². The van der Waals surface area contributed by atoms with Crippen LogP contribution in [0.2, 0.25) is 0 Å². The van der Waals surface area contributed by atoms with Crippen LogP contribution in [0, 0.1) is 0 Å². The third kappa shape index (κ3) is 5.14. The van der Waals surface area contributed by atoms with Crippen LogP contribution in [0.3, 0.4) is 0 Å². The summed E-state index contributed by atoms with van der Waals surface area (Å²) in [6.45, 7) is 0. The smallest absolute Gasteiger partial charge is 0.206 e. The highest BCUT2D eigenvalue weighted by Crippen LogP contribution is 2.34. The Morgan fingerprint density at radius 3 is 1.25 bits per heavy atom. The van der Waals surface area contributed by atoms with Crippen molar-refractivity contribution < 1.29 is 8.42 Å². The second-order valence-electron chi connectivity index (χ2n) is 8.32. The molecule has 5 rings (SSSR count).